The van der Waals surface area contributed by atoms with Crippen LogP contribution in [0.5, 0.6) is 0 Å². The molecule has 1 saturated carbocycles. The fourth-order valence-corrected chi connectivity index (χ4v) is 3.53. The highest BCUT2D eigenvalue weighted by Crippen LogP contribution is 2.43. The third-order valence-electron chi connectivity index (χ3n) is 4.77. The zero-order valence-corrected chi connectivity index (χ0v) is 11.8. The van der Waals surface area contributed by atoms with Gasteiger partial charge in [-0.05, 0) is 48.4 Å². The van der Waals surface area contributed by atoms with E-state index in [1.165, 1.54) is 30.4 Å². The van der Waals surface area contributed by atoms with Crippen LogP contribution in [0.3, 0.4) is 0 Å². The van der Waals surface area contributed by atoms with Crippen molar-refractivity contribution >= 4 is 0 Å². The van der Waals surface area contributed by atoms with Crippen molar-refractivity contribution in [1.82, 2.24) is 5.32 Å². The van der Waals surface area contributed by atoms with Crippen LogP contribution in [-0.2, 0) is 0 Å². The minimum absolute atomic E-state index is 0.477. The molecule has 0 radical (unpaired) electrons. The summed E-state index contributed by atoms with van der Waals surface area (Å²) in [7, 11) is 0. The van der Waals surface area contributed by atoms with E-state index in [1.807, 2.05) is 0 Å². The Labute approximate surface area is 121 Å². The minimum Gasteiger partial charge on any atom is -0.309 e. The molecule has 0 bridgehead atoms. The molecule has 0 aromatic heterocycles. The van der Waals surface area contributed by atoms with Crippen molar-refractivity contribution in [3.05, 3.63) is 71.3 Å². The Morgan fingerprint density at radius 2 is 1.50 bits per heavy atom. The van der Waals surface area contributed by atoms with Crippen molar-refractivity contribution < 1.29 is 0 Å². The van der Waals surface area contributed by atoms with E-state index in [-0.39, 0.29) is 0 Å². The lowest BCUT2D eigenvalue weighted by atomic mass is 9.87. The first kappa shape index (κ1) is 12.2. The van der Waals surface area contributed by atoms with Gasteiger partial charge >= 0.3 is 0 Å². The van der Waals surface area contributed by atoms with Crippen LogP contribution >= 0.6 is 0 Å². The maximum Gasteiger partial charge on any atom is 0.0390 e. The van der Waals surface area contributed by atoms with Gasteiger partial charge in [0, 0.05) is 12.0 Å². The molecule has 1 aliphatic carbocycles. The van der Waals surface area contributed by atoms with Gasteiger partial charge in [0.2, 0.25) is 0 Å². The third-order valence-corrected chi connectivity index (χ3v) is 4.77. The van der Waals surface area contributed by atoms with Crippen molar-refractivity contribution in [3.63, 3.8) is 0 Å². The standard InChI is InChI=1S/C19H21N/c1-2-5-15(6-3-1)19-18(11-12-20-19)17-8-4-7-16(13-17)14-9-10-14/h1-8,13-14,18-20H,9-12H2. The molecule has 0 spiro atoms. The summed E-state index contributed by atoms with van der Waals surface area (Å²) in [5.74, 6) is 1.47. The van der Waals surface area contributed by atoms with E-state index < -0.39 is 0 Å². The van der Waals surface area contributed by atoms with E-state index in [2.05, 4.69) is 59.9 Å². The van der Waals surface area contributed by atoms with Crippen molar-refractivity contribution in [2.24, 2.45) is 0 Å². The minimum atomic E-state index is 0.477. The monoisotopic (exact) mass is 263 g/mol. The molecule has 1 nitrogen and oxygen atoms in total. The number of benzene rings is 2. The summed E-state index contributed by atoms with van der Waals surface area (Å²) in [6, 6.07) is 20.7. The lowest BCUT2D eigenvalue weighted by Crippen LogP contribution is -2.16. The molecule has 0 amide bonds. The molecule has 1 saturated heterocycles. The maximum atomic E-state index is 3.69. The largest absolute Gasteiger partial charge is 0.309 e. The van der Waals surface area contributed by atoms with Crippen molar-refractivity contribution in [3.8, 4) is 0 Å². The predicted molar refractivity (Wildman–Crippen MR) is 83.0 cm³/mol. The Bertz CT molecular complexity index is 586. The van der Waals surface area contributed by atoms with E-state index >= 15 is 0 Å². The van der Waals surface area contributed by atoms with Gasteiger partial charge in [0.1, 0.15) is 0 Å². The zero-order chi connectivity index (χ0) is 13.4. The molecule has 4 rings (SSSR count). The van der Waals surface area contributed by atoms with Crippen LogP contribution in [-0.4, -0.2) is 6.54 Å². The van der Waals surface area contributed by atoms with Crippen LogP contribution in [0.2, 0.25) is 0 Å². The Kier molecular flexibility index (Phi) is 3.08. The second kappa shape index (κ2) is 5.06. The molecule has 2 fully saturated rings. The average Bonchev–Trinajstić information content (AvgIpc) is 3.25. The summed E-state index contributed by atoms with van der Waals surface area (Å²) >= 11 is 0. The van der Waals surface area contributed by atoms with Crippen LogP contribution in [0.1, 0.15) is 53.8 Å². The molecule has 2 atom stereocenters. The van der Waals surface area contributed by atoms with Crippen molar-refractivity contribution in [1.29, 1.82) is 0 Å². The molecule has 1 N–H and O–H groups in total. The number of nitrogens with one attached hydrogen (secondary N) is 1. The summed E-state index contributed by atoms with van der Waals surface area (Å²) in [4.78, 5) is 0. The highest BCUT2D eigenvalue weighted by molar-refractivity contribution is 5.35. The van der Waals surface area contributed by atoms with Gasteiger partial charge in [0.05, 0.1) is 0 Å². The predicted octanol–water partition coefficient (Wildman–Crippen LogP) is 4.38. The first-order chi connectivity index (χ1) is 9.92. The third kappa shape index (κ3) is 2.27. The summed E-state index contributed by atoms with van der Waals surface area (Å²) in [6.45, 7) is 1.12. The topological polar surface area (TPSA) is 12.0 Å². The highest BCUT2D eigenvalue weighted by Gasteiger charge is 2.30. The van der Waals surface area contributed by atoms with Gasteiger partial charge < -0.3 is 5.32 Å². The zero-order valence-electron chi connectivity index (χ0n) is 11.8. The lowest BCUT2D eigenvalue weighted by Gasteiger charge is -2.21. The normalized spacial score (nSPS) is 25.8. The summed E-state index contributed by atoms with van der Waals surface area (Å²) in [6.07, 6.45) is 4.01. The molecule has 2 aromatic carbocycles. The van der Waals surface area contributed by atoms with Gasteiger partial charge in [0.15, 0.2) is 0 Å². The fourth-order valence-electron chi connectivity index (χ4n) is 3.53. The van der Waals surface area contributed by atoms with Crippen molar-refractivity contribution in [2.75, 3.05) is 6.54 Å². The number of hydrogen-bond donors (Lipinski definition) is 1. The van der Waals surface area contributed by atoms with Crippen LogP contribution in [0, 0.1) is 0 Å². The maximum absolute atomic E-state index is 3.69. The quantitative estimate of drug-likeness (QED) is 0.866. The first-order valence-corrected chi connectivity index (χ1v) is 7.80. The second-order valence-corrected chi connectivity index (χ2v) is 6.18. The molecule has 20 heavy (non-hydrogen) atoms. The number of rotatable bonds is 3. The van der Waals surface area contributed by atoms with Gasteiger partial charge in [-0.15, -0.1) is 0 Å². The molecule has 1 heteroatoms. The van der Waals surface area contributed by atoms with Crippen LogP contribution < -0.4 is 5.32 Å². The Balaban J connectivity index is 1.65. The Morgan fingerprint density at radius 1 is 0.750 bits per heavy atom. The summed E-state index contributed by atoms with van der Waals surface area (Å²) < 4.78 is 0. The van der Waals surface area contributed by atoms with E-state index in [9.17, 15) is 0 Å². The van der Waals surface area contributed by atoms with E-state index in [4.69, 9.17) is 0 Å². The molecule has 2 aliphatic rings. The molecule has 1 aliphatic heterocycles. The smallest absolute Gasteiger partial charge is 0.0390 e. The van der Waals surface area contributed by atoms with Crippen LogP contribution in [0.15, 0.2) is 54.6 Å². The van der Waals surface area contributed by atoms with Gasteiger partial charge in [-0.1, -0.05) is 54.6 Å². The van der Waals surface area contributed by atoms with Crippen molar-refractivity contribution in [2.45, 2.75) is 37.1 Å². The van der Waals surface area contributed by atoms with Crippen LogP contribution in [0.25, 0.3) is 0 Å². The molecular formula is C19H21N. The molecule has 102 valence electrons. The average molecular weight is 263 g/mol. The summed E-state index contributed by atoms with van der Waals surface area (Å²) in [5.41, 5.74) is 4.50. The first-order valence-electron chi connectivity index (χ1n) is 7.80. The van der Waals surface area contributed by atoms with E-state index in [1.54, 1.807) is 5.56 Å². The fraction of sp³-hybridized carbons (Fsp3) is 0.368. The second-order valence-electron chi connectivity index (χ2n) is 6.18. The van der Waals surface area contributed by atoms with Gasteiger partial charge in [-0.3, -0.25) is 0 Å². The number of hydrogen-bond acceptors (Lipinski definition) is 1. The summed E-state index contributed by atoms with van der Waals surface area (Å²) in [5, 5.41) is 3.69. The molecular weight excluding hydrogens is 242 g/mol. The molecule has 1 heterocycles. The Hall–Kier alpha value is -1.60. The SMILES string of the molecule is c1ccc(C2NCCC2c2cccc(C3CC3)c2)cc1. The van der Waals surface area contributed by atoms with E-state index in [0.717, 1.165) is 12.5 Å². The lowest BCUT2D eigenvalue weighted by molar-refractivity contribution is 0.577. The molecule has 2 unspecified atom stereocenters. The van der Waals surface area contributed by atoms with Gasteiger partial charge in [-0.2, -0.15) is 0 Å². The Morgan fingerprint density at radius 3 is 2.30 bits per heavy atom. The van der Waals surface area contributed by atoms with Crippen LogP contribution in [0.4, 0.5) is 0 Å². The van der Waals surface area contributed by atoms with E-state index in [0.29, 0.717) is 12.0 Å². The molecule has 2 aromatic rings. The highest BCUT2D eigenvalue weighted by atomic mass is 15.0. The van der Waals surface area contributed by atoms with Gasteiger partial charge in [-0.25, -0.2) is 0 Å². The van der Waals surface area contributed by atoms with Gasteiger partial charge in [0.25, 0.3) is 0 Å².